The predicted molar refractivity (Wildman–Crippen MR) is 49.1 cm³/mol. The van der Waals surface area contributed by atoms with Gasteiger partial charge in [-0.15, -0.1) is 0 Å². The first-order valence-corrected chi connectivity index (χ1v) is 4.67. The third-order valence-electron chi connectivity index (χ3n) is 2.64. The van der Waals surface area contributed by atoms with Gasteiger partial charge in [-0.2, -0.15) is 0 Å². The number of rotatable bonds is 0. The minimum absolute atomic E-state index is 0.0645. The van der Waals surface area contributed by atoms with E-state index < -0.39 is 0 Å². The first-order valence-electron chi connectivity index (χ1n) is 4.67. The van der Waals surface area contributed by atoms with E-state index in [1.54, 1.807) is 7.05 Å². The topological polar surface area (TPSA) is 32.3 Å². The van der Waals surface area contributed by atoms with Crippen molar-refractivity contribution >= 4 is 6.03 Å². The van der Waals surface area contributed by atoms with E-state index >= 15 is 0 Å². The summed E-state index contributed by atoms with van der Waals surface area (Å²) in [6.45, 7) is 4.23. The summed E-state index contributed by atoms with van der Waals surface area (Å²) >= 11 is 0. The average molecular weight is 170 g/mol. The van der Waals surface area contributed by atoms with Gasteiger partial charge >= 0.3 is 6.03 Å². The fourth-order valence-corrected chi connectivity index (χ4v) is 1.95. The van der Waals surface area contributed by atoms with Gasteiger partial charge in [0.05, 0.1) is 0 Å². The number of amides is 2. The molecule has 70 valence electrons. The van der Waals surface area contributed by atoms with Gasteiger partial charge in [0, 0.05) is 19.1 Å². The molecule has 3 heteroatoms. The van der Waals surface area contributed by atoms with Crippen molar-refractivity contribution in [1.29, 1.82) is 0 Å². The molecule has 1 rings (SSSR count). The third-order valence-corrected chi connectivity index (χ3v) is 2.64. The van der Waals surface area contributed by atoms with Crippen LogP contribution in [0.1, 0.15) is 33.1 Å². The fourth-order valence-electron chi connectivity index (χ4n) is 1.95. The Morgan fingerprint density at radius 2 is 1.83 bits per heavy atom. The predicted octanol–water partition coefficient (Wildman–Crippen LogP) is 1.59. The maximum atomic E-state index is 11.4. The molecule has 1 heterocycles. The summed E-state index contributed by atoms with van der Waals surface area (Å²) in [5.74, 6) is 0. The van der Waals surface area contributed by atoms with Crippen molar-refractivity contribution in [3.05, 3.63) is 0 Å². The molecule has 2 amide bonds. The Balaban J connectivity index is 2.62. The Kier molecular flexibility index (Phi) is 2.95. The van der Waals surface area contributed by atoms with Crippen molar-refractivity contribution in [2.75, 3.05) is 7.05 Å². The van der Waals surface area contributed by atoms with Gasteiger partial charge in [-0.3, -0.25) is 0 Å². The molecule has 1 aliphatic heterocycles. The van der Waals surface area contributed by atoms with Crippen LogP contribution in [0.4, 0.5) is 4.79 Å². The molecule has 0 aromatic carbocycles. The molecule has 3 nitrogen and oxygen atoms in total. The van der Waals surface area contributed by atoms with E-state index in [4.69, 9.17) is 0 Å². The van der Waals surface area contributed by atoms with Gasteiger partial charge in [-0.1, -0.05) is 0 Å². The number of nitrogens with zero attached hydrogens (tertiary/aromatic N) is 1. The van der Waals surface area contributed by atoms with Crippen LogP contribution in [0.5, 0.6) is 0 Å². The lowest BCUT2D eigenvalue weighted by atomic mass is 9.98. The highest BCUT2D eigenvalue weighted by atomic mass is 16.2. The van der Waals surface area contributed by atoms with E-state index in [0.717, 1.165) is 12.8 Å². The van der Waals surface area contributed by atoms with Crippen LogP contribution in [0.25, 0.3) is 0 Å². The maximum Gasteiger partial charge on any atom is 0.317 e. The van der Waals surface area contributed by atoms with Gasteiger partial charge in [-0.25, -0.2) is 4.79 Å². The highest BCUT2D eigenvalue weighted by molar-refractivity contribution is 5.74. The summed E-state index contributed by atoms with van der Waals surface area (Å²) in [6, 6.07) is 0.858. The molecule has 12 heavy (non-hydrogen) atoms. The molecule has 0 aromatic heterocycles. The van der Waals surface area contributed by atoms with Crippen molar-refractivity contribution in [3.63, 3.8) is 0 Å². The van der Waals surface area contributed by atoms with Crippen LogP contribution < -0.4 is 5.32 Å². The van der Waals surface area contributed by atoms with E-state index in [1.165, 1.54) is 6.42 Å². The van der Waals surface area contributed by atoms with Crippen LogP contribution in [-0.2, 0) is 0 Å². The van der Waals surface area contributed by atoms with Crippen LogP contribution >= 0.6 is 0 Å². The van der Waals surface area contributed by atoms with Crippen LogP contribution in [-0.4, -0.2) is 30.1 Å². The van der Waals surface area contributed by atoms with E-state index in [1.807, 2.05) is 4.90 Å². The Morgan fingerprint density at radius 1 is 1.33 bits per heavy atom. The van der Waals surface area contributed by atoms with Crippen molar-refractivity contribution in [2.24, 2.45) is 0 Å². The summed E-state index contributed by atoms with van der Waals surface area (Å²) in [7, 11) is 1.69. The molecule has 0 spiro atoms. The summed E-state index contributed by atoms with van der Waals surface area (Å²) < 4.78 is 0. The van der Waals surface area contributed by atoms with E-state index in [-0.39, 0.29) is 6.03 Å². The molecular weight excluding hydrogens is 152 g/mol. The van der Waals surface area contributed by atoms with Crippen LogP contribution in [0.3, 0.4) is 0 Å². The molecule has 1 saturated heterocycles. The summed E-state index contributed by atoms with van der Waals surface area (Å²) in [6.07, 6.45) is 3.52. The molecule has 1 fully saturated rings. The quantitative estimate of drug-likeness (QED) is 0.588. The number of nitrogens with one attached hydrogen (secondary N) is 1. The highest BCUT2D eigenvalue weighted by Crippen LogP contribution is 2.21. The second-order valence-electron chi connectivity index (χ2n) is 3.59. The molecule has 2 unspecified atom stereocenters. The Morgan fingerprint density at radius 3 is 2.25 bits per heavy atom. The molecule has 2 atom stereocenters. The molecule has 0 bridgehead atoms. The van der Waals surface area contributed by atoms with Crippen molar-refractivity contribution in [2.45, 2.75) is 45.2 Å². The van der Waals surface area contributed by atoms with Crippen molar-refractivity contribution in [1.82, 2.24) is 10.2 Å². The summed E-state index contributed by atoms with van der Waals surface area (Å²) in [5, 5.41) is 2.68. The lowest BCUT2D eigenvalue weighted by Gasteiger charge is -2.38. The standard InChI is InChI=1S/C9H18N2O/c1-7-5-4-6-8(2)11(7)9(12)10-3/h7-8H,4-6H2,1-3H3,(H,10,12). The lowest BCUT2D eigenvalue weighted by molar-refractivity contribution is 0.124. The molecule has 0 aliphatic carbocycles. The average Bonchev–Trinajstić information content (AvgIpc) is 2.03. The zero-order chi connectivity index (χ0) is 9.14. The zero-order valence-electron chi connectivity index (χ0n) is 8.13. The van der Waals surface area contributed by atoms with Gasteiger partial charge in [-0.05, 0) is 33.1 Å². The van der Waals surface area contributed by atoms with Crippen molar-refractivity contribution < 1.29 is 4.79 Å². The first-order chi connectivity index (χ1) is 5.66. The summed E-state index contributed by atoms with van der Waals surface area (Å²) in [5.41, 5.74) is 0. The van der Waals surface area contributed by atoms with E-state index in [0.29, 0.717) is 12.1 Å². The number of hydrogen-bond donors (Lipinski definition) is 1. The molecule has 0 radical (unpaired) electrons. The molecule has 0 saturated carbocycles. The summed E-state index contributed by atoms with van der Waals surface area (Å²) in [4.78, 5) is 13.4. The molecule has 1 aliphatic rings. The second kappa shape index (κ2) is 3.78. The Labute approximate surface area is 74.1 Å². The minimum Gasteiger partial charge on any atom is -0.341 e. The third kappa shape index (κ3) is 1.71. The van der Waals surface area contributed by atoms with Gasteiger partial charge in [0.1, 0.15) is 0 Å². The minimum atomic E-state index is 0.0645. The number of hydrogen-bond acceptors (Lipinski definition) is 1. The first kappa shape index (κ1) is 9.36. The van der Waals surface area contributed by atoms with Crippen LogP contribution in [0, 0.1) is 0 Å². The SMILES string of the molecule is CNC(=O)N1C(C)CCCC1C. The maximum absolute atomic E-state index is 11.4. The molecular formula is C9H18N2O. The Hall–Kier alpha value is -0.730. The largest absolute Gasteiger partial charge is 0.341 e. The number of carbonyl (C=O) groups is 1. The highest BCUT2D eigenvalue weighted by Gasteiger charge is 2.27. The molecule has 1 N–H and O–H groups in total. The van der Waals surface area contributed by atoms with E-state index in [9.17, 15) is 4.79 Å². The van der Waals surface area contributed by atoms with Gasteiger partial charge in [0.25, 0.3) is 0 Å². The normalized spacial score (nSPS) is 30.1. The number of piperidine rings is 1. The monoisotopic (exact) mass is 170 g/mol. The van der Waals surface area contributed by atoms with Gasteiger partial charge in [0.2, 0.25) is 0 Å². The Bertz CT molecular complexity index is 160. The number of carbonyl (C=O) groups excluding carboxylic acids is 1. The van der Waals surface area contributed by atoms with Gasteiger partial charge in [0.15, 0.2) is 0 Å². The number of likely N-dealkylation sites (tertiary alicyclic amines) is 1. The van der Waals surface area contributed by atoms with Crippen LogP contribution in [0.15, 0.2) is 0 Å². The van der Waals surface area contributed by atoms with Crippen molar-refractivity contribution in [3.8, 4) is 0 Å². The number of urea groups is 1. The van der Waals surface area contributed by atoms with Gasteiger partial charge < -0.3 is 10.2 Å². The lowest BCUT2D eigenvalue weighted by Crippen LogP contribution is -2.50. The molecule has 0 aromatic rings. The van der Waals surface area contributed by atoms with E-state index in [2.05, 4.69) is 19.2 Å². The smallest absolute Gasteiger partial charge is 0.317 e. The second-order valence-corrected chi connectivity index (χ2v) is 3.59. The van der Waals surface area contributed by atoms with Crippen LogP contribution in [0.2, 0.25) is 0 Å². The fraction of sp³-hybridized carbons (Fsp3) is 0.889. The zero-order valence-corrected chi connectivity index (χ0v) is 8.13.